The van der Waals surface area contributed by atoms with Gasteiger partial charge in [0.1, 0.15) is 5.82 Å². The minimum Gasteiger partial charge on any atom is -0.373 e. The molecule has 2 N–H and O–H groups in total. The van der Waals surface area contributed by atoms with Gasteiger partial charge in [0.25, 0.3) is 0 Å². The Labute approximate surface area is 110 Å². The maximum Gasteiger partial charge on any atom is 0.125 e. The van der Waals surface area contributed by atoms with Crippen LogP contribution in [0.1, 0.15) is 5.56 Å². The molecule has 0 saturated carbocycles. The number of rotatable bonds is 2. The molecule has 1 aromatic carbocycles. The van der Waals surface area contributed by atoms with Crippen molar-refractivity contribution in [2.24, 2.45) is 0 Å². The summed E-state index contributed by atoms with van der Waals surface area (Å²) < 4.78 is 0. The number of hydrogen-bond acceptors (Lipinski definition) is 3. The summed E-state index contributed by atoms with van der Waals surface area (Å²) in [7, 11) is 1.84. The molecule has 4 heteroatoms. The fourth-order valence-electron chi connectivity index (χ4n) is 2.06. The van der Waals surface area contributed by atoms with E-state index in [0.717, 1.165) is 28.0 Å². The molecule has 0 bridgehead atoms. The molecule has 92 valence electrons. The summed E-state index contributed by atoms with van der Waals surface area (Å²) in [5, 5.41) is 12.9. The average Bonchev–Trinajstić information content (AvgIpc) is 2.90. The van der Waals surface area contributed by atoms with Gasteiger partial charge in [0, 0.05) is 35.4 Å². The summed E-state index contributed by atoms with van der Waals surface area (Å²) in [6.45, 7) is 0. The summed E-state index contributed by atoms with van der Waals surface area (Å²) in [6, 6.07) is 13.7. The maximum atomic E-state index is 8.90. The third kappa shape index (κ3) is 2.02. The van der Waals surface area contributed by atoms with Crippen molar-refractivity contribution in [3.8, 4) is 17.3 Å². The van der Waals surface area contributed by atoms with Gasteiger partial charge in [-0.25, -0.2) is 4.98 Å². The highest BCUT2D eigenvalue weighted by Crippen LogP contribution is 2.24. The van der Waals surface area contributed by atoms with Crippen molar-refractivity contribution in [2.75, 3.05) is 12.4 Å². The number of nitrogens with zero attached hydrogens (tertiary/aromatic N) is 2. The van der Waals surface area contributed by atoms with E-state index in [-0.39, 0.29) is 0 Å². The van der Waals surface area contributed by atoms with E-state index in [1.807, 2.05) is 49.6 Å². The maximum absolute atomic E-state index is 8.90. The Kier molecular flexibility index (Phi) is 2.66. The summed E-state index contributed by atoms with van der Waals surface area (Å²) >= 11 is 0. The van der Waals surface area contributed by atoms with E-state index >= 15 is 0 Å². The number of hydrogen-bond donors (Lipinski definition) is 2. The molecule has 3 rings (SSSR count). The van der Waals surface area contributed by atoms with E-state index in [9.17, 15) is 0 Å². The van der Waals surface area contributed by atoms with E-state index in [2.05, 4.69) is 21.4 Å². The molecular weight excluding hydrogens is 236 g/mol. The second kappa shape index (κ2) is 4.46. The second-order valence-electron chi connectivity index (χ2n) is 4.28. The number of pyridine rings is 1. The highest BCUT2D eigenvalue weighted by molar-refractivity contribution is 5.86. The van der Waals surface area contributed by atoms with Crippen LogP contribution in [0.4, 0.5) is 5.82 Å². The van der Waals surface area contributed by atoms with Crippen molar-refractivity contribution in [2.45, 2.75) is 0 Å². The molecule has 0 atom stereocenters. The number of nitriles is 1. The zero-order valence-electron chi connectivity index (χ0n) is 10.4. The SMILES string of the molecule is CNc1ccc(-c2cc3cc(C#N)ccc3[nH]2)cn1. The summed E-state index contributed by atoms with van der Waals surface area (Å²) in [4.78, 5) is 7.62. The number of nitrogens with one attached hydrogen (secondary N) is 2. The Morgan fingerprint density at radius 3 is 2.79 bits per heavy atom. The van der Waals surface area contributed by atoms with Gasteiger partial charge in [-0.15, -0.1) is 0 Å². The molecule has 2 heterocycles. The normalized spacial score (nSPS) is 10.3. The monoisotopic (exact) mass is 248 g/mol. The first-order chi connectivity index (χ1) is 9.30. The molecule has 0 spiro atoms. The van der Waals surface area contributed by atoms with Crippen LogP contribution in [0.3, 0.4) is 0 Å². The van der Waals surface area contributed by atoms with Gasteiger partial charge in [0.05, 0.1) is 11.6 Å². The van der Waals surface area contributed by atoms with E-state index in [1.165, 1.54) is 0 Å². The Bertz CT molecular complexity index is 763. The highest BCUT2D eigenvalue weighted by Gasteiger charge is 2.04. The third-order valence-electron chi connectivity index (χ3n) is 3.08. The Morgan fingerprint density at radius 2 is 2.11 bits per heavy atom. The lowest BCUT2D eigenvalue weighted by molar-refractivity contribution is 1.28. The lowest BCUT2D eigenvalue weighted by atomic mass is 10.1. The molecule has 0 fully saturated rings. The fourth-order valence-corrected chi connectivity index (χ4v) is 2.06. The number of aromatic nitrogens is 2. The van der Waals surface area contributed by atoms with Gasteiger partial charge in [-0.05, 0) is 36.4 Å². The van der Waals surface area contributed by atoms with Gasteiger partial charge in [-0.1, -0.05) is 0 Å². The molecule has 19 heavy (non-hydrogen) atoms. The van der Waals surface area contributed by atoms with Crippen LogP contribution >= 0.6 is 0 Å². The second-order valence-corrected chi connectivity index (χ2v) is 4.28. The molecular formula is C15H12N4. The van der Waals surface area contributed by atoms with E-state index in [0.29, 0.717) is 5.56 Å². The standard InChI is InChI=1S/C15H12N4/c1-17-15-5-3-11(9-18-15)14-7-12-6-10(8-16)2-4-13(12)19-14/h2-7,9,19H,1H3,(H,17,18). The number of anilines is 1. The van der Waals surface area contributed by atoms with Crippen LogP contribution in [-0.2, 0) is 0 Å². The largest absolute Gasteiger partial charge is 0.373 e. The smallest absolute Gasteiger partial charge is 0.125 e. The lowest BCUT2D eigenvalue weighted by Crippen LogP contribution is -1.91. The van der Waals surface area contributed by atoms with Gasteiger partial charge < -0.3 is 10.3 Å². The minimum absolute atomic E-state index is 0.668. The molecule has 3 aromatic rings. The number of fused-ring (bicyclic) bond motifs is 1. The van der Waals surface area contributed by atoms with Gasteiger partial charge >= 0.3 is 0 Å². The van der Waals surface area contributed by atoms with E-state index in [4.69, 9.17) is 5.26 Å². The van der Waals surface area contributed by atoms with Crippen LogP contribution in [0.2, 0.25) is 0 Å². The fraction of sp³-hybridized carbons (Fsp3) is 0.0667. The first-order valence-corrected chi connectivity index (χ1v) is 5.97. The van der Waals surface area contributed by atoms with Gasteiger partial charge in [-0.2, -0.15) is 5.26 Å². The molecule has 0 aliphatic rings. The Balaban J connectivity index is 2.07. The highest BCUT2D eigenvalue weighted by atomic mass is 14.9. The number of aromatic amines is 1. The van der Waals surface area contributed by atoms with Crippen LogP contribution in [-0.4, -0.2) is 17.0 Å². The van der Waals surface area contributed by atoms with Crippen LogP contribution in [0.5, 0.6) is 0 Å². The first-order valence-electron chi connectivity index (χ1n) is 5.97. The molecule has 0 aliphatic carbocycles. The summed E-state index contributed by atoms with van der Waals surface area (Å²) in [5.41, 5.74) is 3.71. The molecule has 0 aliphatic heterocycles. The van der Waals surface area contributed by atoms with Gasteiger partial charge in [0.15, 0.2) is 0 Å². The van der Waals surface area contributed by atoms with E-state index in [1.54, 1.807) is 0 Å². The minimum atomic E-state index is 0.668. The topological polar surface area (TPSA) is 64.5 Å². The number of benzene rings is 1. The molecule has 0 unspecified atom stereocenters. The molecule has 4 nitrogen and oxygen atoms in total. The van der Waals surface area contributed by atoms with Crippen molar-refractivity contribution in [3.05, 3.63) is 48.2 Å². The average molecular weight is 248 g/mol. The van der Waals surface area contributed by atoms with Crippen LogP contribution in [0, 0.1) is 11.3 Å². The predicted octanol–water partition coefficient (Wildman–Crippen LogP) is 3.14. The van der Waals surface area contributed by atoms with E-state index < -0.39 is 0 Å². The number of H-pyrrole nitrogens is 1. The summed E-state index contributed by atoms with van der Waals surface area (Å²) in [5.74, 6) is 0.839. The van der Waals surface area contributed by atoms with Crippen molar-refractivity contribution >= 4 is 16.7 Å². The van der Waals surface area contributed by atoms with Crippen molar-refractivity contribution in [1.29, 1.82) is 5.26 Å². The predicted molar refractivity (Wildman–Crippen MR) is 75.8 cm³/mol. The van der Waals surface area contributed by atoms with Crippen molar-refractivity contribution < 1.29 is 0 Å². The third-order valence-corrected chi connectivity index (χ3v) is 3.08. The van der Waals surface area contributed by atoms with Crippen LogP contribution in [0.25, 0.3) is 22.2 Å². The molecule has 2 aromatic heterocycles. The molecule has 0 radical (unpaired) electrons. The van der Waals surface area contributed by atoms with Gasteiger partial charge in [-0.3, -0.25) is 0 Å². The Morgan fingerprint density at radius 1 is 1.21 bits per heavy atom. The quantitative estimate of drug-likeness (QED) is 0.732. The zero-order chi connectivity index (χ0) is 13.2. The van der Waals surface area contributed by atoms with Crippen molar-refractivity contribution in [3.63, 3.8) is 0 Å². The van der Waals surface area contributed by atoms with Crippen molar-refractivity contribution in [1.82, 2.24) is 9.97 Å². The molecule has 0 saturated heterocycles. The summed E-state index contributed by atoms with van der Waals surface area (Å²) in [6.07, 6.45) is 1.82. The van der Waals surface area contributed by atoms with Crippen LogP contribution < -0.4 is 5.32 Å². The van der Waals surface area contributed by atoms with Gasteiger partial charge in [0.2, 0.25) is 0 Å². The molecule has 0 amide bonds. The lowest BCUT2D eigenvalue weighted by Gasteiger charge is -2.00. The Hall–Kier alpha value is -2.80. The first kappa shape index (κ1) is 11.3. The zero-order valence-corrected chi connectivity index (χ0v) is 10.4. The van der Waals surface area contributed by atoms with Crippen LogP contribution in [0.15, 0.2) is 42.6 Å².